The maximum atomic E-state index is 12.5. The van der Waals surface area contributed by atoms with Gasteiger partial charge >= 0.3 is 0 Å². The third kappa shape index (κ3) is 4.82. The number of nitrogens with two attached hydrogens (primary N) is 1. The Morgan fingerprint density at radius 3 is 2.88 bits per heavy atom. The zero-order chi connectivity index (χ0) is 22.5. The minimum atomic E-state index is -0.461. The van der Waals surface area contributed by atoms with Crippen LogP contribution in [0.3, 0.4) is 0 Å². The van der Waals surface area contributed by atoms with Crippen LogP contribution in [0.5, 0.6) is 0 Å². The first-order valence-electron chi connectivity index (χ1n) is 11.0. The molecule has 1 aliphatic rings. The number of hydrogen-bond acceptors (Lipinski definition) is 4. The van der Waals surface area contributed by atoms with Gasteiger partial charge in [0.15, 0.2) is 5.78 Å². The Balaban J connectivity index is 1.46. The molecule has 0 aliphatic carbocycles. The number of benzene rings is 2. The molecule has 0 radical (unpaired) electrons. The van der Waals surface area contributed by atoms with Gasteiger partial charge in [0.05, 0.1) is 17.2 Å². The van der Waals surface area contributed by atoms with E-state index in [2.05, 4.69) is 10.3 Å². The van der Waals surface area contributed by atoms with Crippen molar-refractivity contribution in [1.82, 2.24) is 10.3 Å². The van der Waals surface area contributed by atoms with E-state index in [1.54, 1.807) is 18.3 Å². The molecule has 6 nitrogen and oxygen atoms in total. The summed E-state index contributed by atoms with van der Waals surface area (Å²) < 4.78 is 5.58. The zero-order valence-electron chi connectivity index (χ0n) is 18.3. The van der Waals surface area contributed by atoms with Crippen molar-refractivity contribution in [3.8, 4) is 11.1 Å². The molecule has 1 atom stereocenters. The summed E-state index contributed by atoms with van der Waals surface area (Å²) in [6, 6.07) is 11.6. The summed E-state index contributed by atoms with van der Waals surface area (Å²) in [6.45, 7) is 4.36. The van der Waals surface area contributed by atoms with E-state index in [0.29, 0.717) is 24.6 Å². The molecule has 2 aromatic carbocycles. The summed E-state index contributed by atoms with van der Waals surface area (Å²) in [5.74, 6) is -0.392. The van der Waals surface area contributed by atoms with Crippen LogP contribution in [0, 0.1) is 6.92 Å². The van der Waals surface area contributed by atoms with Crippen molar-refractivity contribution in [1.29, 1.82) is 0 Å². The van der Waals surface area contributed by atoms with Gasteiger partial charge in [0.2, 0.25) is 0 Å². The Morgan fingerprint density at radius 1 is 1.22 bits per heavy atom. The van der Waals surface area contributed by atoms with Crippen molar-refractivity contribution in [2.75, 3.05) is 19.7 Å². The molecule has 3 aromatic rings. The molecule has 1 saturated heterocycles. The van der Waals surface area contributed by atoms with Crippen LogP contribution in [0.4, 0.5) is 0 Å². The van der Waals surface area contributed by atoms with Gasteiger partial charge in [-0.25, -0.2) is 0 Å². The van der Waals surface area contributed by atoms with E-state index in [-0.39, 0.29) is 5.78 Å². The molecular weight excluding hydrogens is 402 g/mol. The molecule has 32 heavy (non-hydrogen) atoms. The Kier molecular flexibility index (Phi) is 6.83. The van der Waals surface area contributed by atoms with Crippen molar-refractivity contribution in [2.24, 2.45) is 5.73 Å². The molecule has 4 N–H and O–H groups in total. The summed E-state index contributed by atoms with van der Waals surface area (Å²) in [5.41, 5.74) is 10.8. The maximum absolute atomic E-state index is 12.5. The number of aromatic amines is 1. The number of allylic oxidation sites excluding steroid dienone is 1. The van der Waals surface area contributed by atoms with E-state index in [9.17, 15) is 9.59 Å². The lowest BCUT2D eigenvalue weighted by Gasteiger charge is -2.13. The number of ketones is 1. The van der Waals surface area contributed by atoms with Gasteiger partial charge in [0, 0.05) is 37.7 Å². The van der Waals surface area contributed by atoms with Crippen LogP contribution in [0.25, 0.3) is 22.0 Å². The minimum absolute atomic E-state index is 0.0695. The number of fused-ring (bicyclic) bond motifs is 1. The molecular formula is C26H29N3O3. The van der Waals surface area contributed by atoms with Gasteiger partial charge in [-0.2, -0.15) is 0 Å². The third-order valence-corrected chi connectivity index (χ3v) is 6.05. The van der Waals surface area contributed by atoms with Crippen molar-refractivity contribution < 1.29 is 14.3 Å². The van der Waals surface area contributed by atoms with E-state index < -0.39 is 5.91 Å². The normalized spacial score (nSPS) is 16.2. The average Bonchev–Trinajstić information content (AvgIpc) is 3.46. The summed E-state index contributed by atoms with van der Waals surface area (Å²) in [6.07, 6.45) is 8.21. The van der Waals surface area contributed by atoms with Crippen LogP contribution in [0.15, 0.2) is 54.7 Å². The molecule has 166 valence electrons. The summed E-state index contributed by atoms with van der Waals surface area (Å²) in [5, 5.41) is 4.25. The van der Waals surface area contributed by atoms with E-state index >= 15 is 0 Å². The number of carbonyl (C=O) groups excluding carboxylic acids is 2. The predicted octanol–water partition coefficient (Wildman–Crippen LogP) is 3.68. The second-order valence-electron chi connectivity index (χ2n) is 8.22. The van der Waals surface area contributed by atoms with Gasteiger partial charge < -0.3 is 20.8 Å². The Morgan fingerprint density at radius 2 is 2.09 bits per heavy atom. The Labute approximate surface area is 187 Å². The average molecular weight is 432 g/mol. The van der Waals surface area contributed by atoms with Gasteiger partial charge in [-0.05, 0) is 60.2 Å². The molecule has 6 heteroatoms. The molecule has 1 unspecified atom stereocenters. The number of primary amides is 1. The summed E-state index contributed by atoms with van der Waals surface area (Å²) in [7, 11) is 0. The molecule has 2 heterocycles. The highest BCUT2D eigenvalue weighted by Gasteiger charge is 2.16. The van der Waals surface area contributed by atoms with Gasteiger partial charge in [-0.15, -0.1) is 0 Å². The first-order valence-corrected chi connectivity index (χ1v) is 11.0. The number of aromatic nitrogens is 1. The van der Waals surface area contributed by atoms with Crippen molar-refractivity contribution in [3.05, 3.63) is 71.4 Å². The fourth-order valence-corrected chi connectivity index (χ4v) is 4.33. The van der Waals surface area contributed by atoms with E-state index in [1.165, 1.54) is 0 Å². The molecule has 1 amide bonds. The minimum Gasteiger partial charge on any atom is -0.377 e. The van der Waals surface area contributed by atoms with E-state index in [4.69, 9.17) is 10.5 Å². The SMILES string of the molecule is Cc1c(CC(=O)/C=C/CNCC2CCCO2)cccc1-c1ccc(C(N)=O)c2[nH]ccc12. The molecule has 1 aliphatic heterocycles. The second-order valence-corrected chi connectivity index (χ2v) is 8.22. The lowest BCUT2D eigenvalue weighted by molar-refractivity contribution is -0.114. The number of nitrogens with one attached hydrogen (secondary N) is 2. The number of ether oxygens (including phenoxy) is 1. The van der Waals surface area contributed by atoms with Gasteiger partial charge in [-0.1, -0.05) is 30.3 Å². The highest BCUT2D eigenvalue weighted by Crippen LogP contribution is 2.33. The van der Waals surface area contributed by atoms with E-state index in [1.807, 2.05) is 43.3 Å². The smallest absolute Gasteiger partial charge is 0.250 e. The molecule has 0 bridgehead atoms. The predicted molar refractivity (Wildman–Crippen MR) is 127 cm³/mol. The summed E-state index contributed by atoms with van der Waals surface area (Å²) >= 11 is 0. The number of rotatable bonds is 9. The first-order chi connectivity index (χ1) is 15.5. The van der Waals surface area contributed by atoms with Crippen LogP contribution >= 0.6 is 0 Å². The number of H-pyrrole nitrogens is 1. The largest absolute Gasteiger partial charge is 0.377 e. The lowest BCUT2D eigenvalue weighted by atomic mass is 9.91. The Hall–Kier alpha value is -3.22. The number of carbonyl (C=O) groups is 2. The monoisotopic (exact) mass is 431 g/mol. The zero-order valence-corrected chi connectivity index (χ0v) is 18.3. The van der Waals surface area contributed by atoms with Crippen molar-refractivity contribution in [2.45, 2.75) is 32.3 Å². The fourth-order valence-electron chi connectivity index (χ4n) is 4.33. The van der Waals surface area contributed by atoms with Gasteiger partial charge in [0.25, 0.3) is 5.91 Å². The summed E-state index contributed by atoms with van der Waals surface area (Å²) in [4.78, 5) is 27.4. The van der Waals surface area contributed by atoms with Gasteiger partial charge in [-0.3, -0.25) is 9.59 Å². The molecule has 1 aromatic heterocycles. The lowest BCUT2D eigenvalue weighted by Crippen LogP contribution is -2.26. The third-order valence-electron chi connectivity index (χ3n) is 6.05. The molecule has 1 fully saturated rings. The van der Waals surface area contributed by atoms with Crippen molar-refractivity contribution in [3.63, 3.8) is 0 Å². The highest BCUT2D eigenvalue weighted by atomic mass is 16.5. The first kappa shape index (κ1) is 22.0. The maximum Gasteiger partial charge on any atom is 0.250 e. The van der Waals surface area contributed by atoms with Crippen LogP contribution in [-0.2, 0) is 16.0 Å². The van der Waals surface area contributed by atoms with E-state index in [0.717, 1.165) is 59.2 Å². The highest BCUT2D eigenvalue weighted by molar-refractivity contribution is 6.09. The fraction of sp³-hybridized carbons (Fsp3) is 0.308. The second kappa shape index (κ2) is 9.94. The standard InChI is InChI=1S/C26H29N3O3/c1-17-18(15-19(30)6-3-12-28-16-20-7-4-14-32-20)5-2-8-21(17)22-9-10-24(26(27)31)25-23(22)11-13-29-25/h2-3,5-6,8-11,13,20,28-29H,4,7,12,14-16H2,1H3,(H2,27,31)/b6-3+. The molecule has 0 saturated carbocycles. The van der Waals surface area contributed by atoms with Crippen LogP contribution in [0.2, 0.25) is 0 Å². The molecule has 4 rings (SSSR count). The topological polar surface area (TPSA) is 97.2 Å². The van der Waals surface area contributed by atoms with Crippen LogP contribution < -0.4 is 11.1 Å². The van der Waals surface area contributed by atoms with Crippen molar-refractivity contribution >= 4 is 22.6 Å². The quantitative estimate of drug-likeness (QED) is 0.356. The molecule has 0 spiro atoms. The van der Waals surface area contributed by atoms with Gasteiger partial charge in [0.1, 0.15) is 0 Å². The van der Waals surface area contributed by atoms with Crippen LogP contribution in [0.1, 0.15) is 34.3 Å². The number of amides is 1. The number of hydrogen-bond donors (Lipinski definition) is 3. The Bertz CT molecular complexity index is 1160. The van der Waals surface area contributed by atoms with Crippen LogP contribution in [-0.4, -0.2) is 42.5 Å².